The van der Waals surface area contributed by atoms with E-state index < -0.39 is 0 Å². The Morgan fingerprint density at radius 3 is 2.95 bits per heavy atom. The average molecular weight is 297 g/mol. The van der Waals surface area contributed by atoms with Gasteiger partial charge in [0.15, 0.2) is 0 Å². The van der Waals surface area contributed by atoms with E-state index in [-0.39, 0.29) is 0 Å². The minimum Gasteiger partial charge on any atom is -0.399 e. The highest BCUT2D eigenvalue weighted by atomic mass is 32.1. The van der Waals surface area contributed by atoms with Gasteiger partial charge in [0.05, 0.1) is 0 Å². The fourth-order valence-electron chi connectivity index (χ4n) is 2.57. The van der Waals surface area contributed by atoms with Crippen LogP contribution in [0, 0.1) is 0 Å². The number of anilines is 2. The minimum atomic E-state index is 0.811. The second-order valence-electron chi connectivity index (χ2n) is 5.13. The zero-order valence-corrected chi connectivity index (χ0v) is 12.9. The normalized spacial score (nSPS) is 10.9. The third-order valence-corrected chi connectivity index (χ3v) is 4.36. The first-order valence-corrected chi connectivity index (χ1v) is 8.07. The summed E-state index contributed by atoms with van der Waals surface area (Å²) >= 11 is 1.76. The van der Waals surface area contributed by atoms with Crippen molar-refractivity contribution in [3.8, 4) is 0 Å². The molecule has 2 aromatic heterocycles. The lowest BCUT2D eigenvalue weighted by Crippen LogP contribution is -2.24. The van der Waals surface area contributed by atoms with Crippen molar-refractivity contribution in [3.05, 3.63) is 53.5 Å². The average Bonchev–Trinajstić information content (AvgIpc) is 2.95. The Morgan fingerprint density at radius 1 is 1.24 bits per heavy atom. The molecule has 0 aliphatic carbocycles. The molecule has 3 aromatic rings. The fraction of sp³-hybridized carbons (Fsp3) is 0.235. The molecule has 4 heteroatoms. The minimum absolute atomic E-state index is 0.811. The summed E-state index contributed by atoms with van der Waals surface area (Å²) in [5, 5.41) is 3.36. The predicted molar refractivity (Wildman–Crippen MR) is 91.8 cm³/mol. The summed E-state index contributed by atoms with van der Waals surface area (Å²) in [6.45, 7) is 4.01. The van der Waals surface area contributed by atoms with Crippen LogP contribution in [0.5, 0.6) is 0 Å². The molecule has 0 amide bonds. The van der Waals surface area contributed by atoms with Crippen molar-refractivity contribution in [2.75, 3.05) is 17.2 Å². The fourth-order valence-corrected chi connectivity index (χ4v) is 3.35. The molecule has 2 heterocycles. The molecule has 3 rings (SSSR count). The highest BCUT2D eigenvalue weighted by Gasteiger charge is 2.12. The van der Waals surface area contributed by atoms with Crippen LogP contribution in [0.15, 0.2) is 48.0 Å². The van der Waals surface area contributed by atoms with Crippen molar-refractivity contribution in [2.45, 2.75) is 19.9 Å². The van der Waals surface area contributed by atoms with Gasteiger partial charge in [-0.2, -0.15) is 0 Å². The molecule has 0 saturated carbocycles. The van der Waals surface area contributed by atoms with Gasteiger partial charge >= 0.3 is 0 Å². The summed E-state index contributed by atoms with van der Waals surface area (Å²) in [4.78, 5) is 6.96. The highest BCUT2D eigenvalue weighted by Crippen LogP contribution is 2.29. The maximum atomic E-state index is 5.89. The van der Waals surface area contributed by atoms with Crippen LogP contribution in [0.3, 0.4) is 0 Å². The summed E-state index contributed by atoms with van der Waals surface area (Å²) in [5.41, 5.74) is 7.92. The maximum Gasteiger partial charge on any atom is 0.137 e. The number of hydrogen-bond donors (Lipinski definition) is 1. The Labute approximate surface area is 129 Å². The van der Waals surface area contributed by atoms with Gasteiger partial charge in [0, 0.05) is 35.1 Å². The van der Waals surface area contributed by atoms with Crippen molar-refractivity contribution in [1.29, 1.82) is 0 Å². The van der Waals surface area contributed by atoms with Crippen LogP contribution in [0.2, 0.25) is 0 Å². The molecule has 0 fully saturated rings. The van der Waals surface area contributed by atoms with Crippen LogP contribution in [-0.2, 0) is 6.54 Å². The topological polar surface area (TPSA) is 42.1 Å². The van der Waals surface area contributed by atoms with E-state index in [1.807, 2.05) is 24.4 Å². The first-order chi connectivity index (χ1) is 10.3. The number of nitrogens with zero attached hydrogens (tertiary/aromatic N) is 2. The van der Waals surface area contributed by atoms with E-state index in [4.69, 9.17) is 5.73 Å². The van der Waals surface area contributed by atoms with E-state index in [1.165, 1.54) is 15.6 Å². The molecule has 108 valence electrons. The number of rotatable bonds is 5. The first kappa shape index (κ1) is 13.9. The van der Waals surface area contributed by atoms with Crippen LogP contribution < -0.4 is 10.6 Å². The van der Waals surface area contributed by atoms with Crippen molar-refractivity contribution >= 4 is 32.9 Å². The third-order valence-electron chi connectivity index (χ3n) is 3.48. The molecule has 2 N–H and O–H groups in total. The summed E-state index contributed by atoms with van der Waals surface area (Å²) in [6.07, 6.45) is 2.99. The van der Waals surface area contributed by atoms with E-state index in [0.717, 1.165) is 31.0 Å². The van der Waals surface area contributed by atoms with Gasteiger partial charge < -0.3 is 10.6 Å². The van der Waals surface area contributed by atoms with Crippen molar-refractivity contribution in [2.24, 2.45) is 0 Å². The molecular formula is C17H19N3S. The molecule has 0 unspecified atom stereocenters. The van der Waals surface area contributed by atoms with Crippen molar-refractivity contribution in [3.63, 3.8) is 0 Å². The lowest BCUT2D eigenvalue weighted by atomic mass is 10.1. The van der Waals surface area contributed by atoms with Gasteiger partial charge in [-0.15, -0.1) is 11.3 Å². The second kappa shape index (κ2) is 6.14. The van der Waals surface area contributed by atoms with E-state index in [2.05, 4.69) is 40.4 Å². The lowest BCUT2D eigenvalue weighted by molar-refractivity contribution is 0.759. The molecule has 3 nitrogen and oxygen atoms in total. The number of hydrogen-bond acceptors (Lipinski definition) is 4. The predicted octanol–water partition coefficient (Wildman–Crippen LogP) is 4.30. The van der Waals surface area contributed by atoms with Crippen LogP contribution in [0.25, 0.3) is 10.1 Å². The number of thiophene rings is 1. The Balaban J connectivity index is 1.96. The number of fused-ring (bicyclic) bond motifs is 1. The van der Waals surface area contributed by atoms with Gasteiger partial charge in [-0.05, 0) is 41.6 Å². The molecule has 0 radical (unpaired) electrons. The molecular weight excluding hydrogens is 278 g/mol. The standard InChI is InChI=1S/C17H19N3S/c1-2-9-20(12-13-4-3-5-14(18)11-13)17-15-7-10-21-16(15)6-8-19-17/h3-8,10-11H,2,9,12,18H2,1H3. The molecule has 1 aromatic carbocycles. The Morgan fingerprint density at radius 2 is 2.14 bits per heavy atom. The highest BCUT2D eigenvalue weighted by molar-refractivity contribution is 7.17. The molecule has 0 aliphatic rings. The summed E-state index contributed by atoms with van der Waals surface area (Å²) < 4.78 is 1.29. The van der Waals surface area contributed by atoms with Gasteiger partial charge in [0.2, 0.25) is 0 Å². The van der Waals surface area contributed by atoms with E-state index in [0.29, 0.717) is 0 Å². The molecule has 0 atom stereocenters. The SMILES string of the molecule is CCCN(Cc1cccc(N)c1)c1nccc2sccc12. The van der Waals surface area contributed by atoms with Gasteiger partial charge in [-0.1, -0.05) is 19.1 Å². The van der Waals surface area contributed by atoms with Gasteiger partial charge in [0.25, 0.3) is 0 Å². The van der Waals surface area contributed by atoms with Gasteiger partial charge in [-0.25, -0.2) is 4.98 Å². The van der Waals surface area contributed by atoms with Crippen LogP contribution >= 0.6 is 11.3 Å². The first-order valence-electron chi connectivity index (χ1n) is 7.19. The molecule has 0 bridgehead atoms. The largest absolute Gasteiger partial charge is 0.399 e. The van der Waals surface area contributed by atoms with E-state index in [9.17, 15) is 0 Å². The smallest absolute Gasteiger partial charge is 0.137 e. The second-order valence-corrected chi connectivity index (χ2v) is 6.08. The quantitative estimate of drug-likeness (QED) is 0.714. The number of benzene rings is 1. The molecule has 0 spiro atoms. The van der Waals surface area contributed by atoms with E-state index in [1.54, 1.807) is 11.3 Å². The van der Waals surface area contributed by atoms with Crippen molar-refractivity contribution in [1.82, 2.24) is 4.98 Å². The number of aromatic nitrogens is 1. The number of nitrogen functional groups attached to an aromatic ring is 1. The van der Waals surface area contributed by atoms with Gasteiger partial charge in [-0.3, -0.25) is 0 Å². The third kappa shape index (κ3) is 3.00. The Hall–Kier alpha value is -2.07. The summed E-state index contributed by atoms with van der Waals surface area (Å²) in [6, 6.07) is 12.3. The van der Waals surface area contributed by atoms with Crippen LogP contribution in [-0.4, -0.2) is 11.5 Å². The molecule has 0 saturated heterocycles. The summed E-state index contributed by atoms with van der Waals surface area (Å²) in [7, 11) is 0. The van der Waals surface area contributed by atoms with E-state index >= 15 is 0 Å². The molecule has 0 aliphatic heterocycles. The Kier molecular flexibility index (Phi) is 4.06. The van der Waals surface area contributed by atoms with Crippen LogP contribution in [0.4, 0.5) is 11.5 Å². The zero-order chi connectivity index (χ0) is 14.7. The zero-order valence-electron chi connectivity index (χ0n) is 12.1. The monoisotopic (exact) mass is 297 g/mol. The lowest BCUT2D eigenvalue weighted by Gasteiger charge is -2.24. The number of nitrogens with two attached hydrogens (primary N) is 1. The van der Waals surface area contributed by atoms with Crippen LogP contribution in [0.1, 0.15) is 18.9 Å². The van der Waals surface area contributed by atoms with Crippen molar-refractivity contribution < 1.29 is 0 Å². The number of pyridine rings is 1. The Bertz CT molecular complexity index is 735. The molecule has 21 heavy (non-hydrogen) atoms. The summed E-state index contributed by atoms with van der Waals surface area (Å²) in [5.74, 6) is 1.07. The van der Waals surface area contributed by atoms with Gasteiger partial charge in [0.1, 0.15) is 5.82 Å². The maximum absolute atomic E-state index is 5.89.